The Balaban J connectivity index is 0.00000272. The third-order valence-electron chi connectivity index (χ3n) is 7.17. The summed E-state index contributed by atoms with van der Waals surface area (Å²) in [7, 11) is 0. The van der Waals surface area contributed by atoms with E-state index in [4.69, 9.17) is 4.99 Å². The molecular formula is C22H42IN7O. The van der Waals surface area contributed by atoms with Crippen molar-refractivity contribution in [2.75, 3.05) is 91.6 Å². The third-order valence-corrected chi connectivity index (χ3v) is 7.17. The van der Waals surface area contributed by atoms with Gasteiger partial charge in [-0.2, -0.15) is 0 Å². The average Bonchev–Trinajstić information content (AvgIpc) is 3.08. The van der Waals surface area contributed by atoms with Crippen LogP contribution in [0, 0.1) is 0 Å². The quantitative estimate of drug-likeness (QED) is 0.309. The summed E-state index contributed by atoms with van der Waals surface area (Å²) in [5.74, 6) is 1.37. The SMILES string of the molecule is CCNC(=NCC1CN2CCN1CC2)N1CCN(CC(=O)N2CCCCCC2)CC1.I. The van der Waals surface area contributed by atoms with Gasteiger partial charge in [0.1, 0.15) is 0 Å². The van der Waals surface area contributed by atoms with Crippen LogP contribution in [-0.2, 0) is 4.79 Å². The van der Waals surface area contributed by atoms with E-state index in [2.05, 4.69) is 36.7 Å². The molecule has 5 aliphatic rings. The summed E-state index contributed by atoms with van der Waals surface area (Å²) < 4.78 is 0. The van der Waals surface area contributed by atoms with Crippen LogP contribution in [0.25, 0.3) is 0 Å². The first kappa shape index (κ1) is 25.0. The molecule has 2 bridgehead atoms. The van der Waals surface area contributed by atoms with Crippen molar-refractivity contribution in [2.24, 2.45) is 4.99 Å². The van der Waals surface area contributed by atoms with Crippen molar-refractivity contribution >= 4 is 35.8 Å². The van der Waals surface area contributed by atoms with Crippen LogP contribution in [0.2, 0.25) is 0 Å². The summed E-state index contributed by atoms with van der Waals surface area (Å²) in [6.45, 7) is 16.2. The second kappa shape index (κ2) is 12.6. The zero-order valence-corrected chi connectivity index (χ0v) is 21.6. The first-order chi connectivity index (χ1) is 14.7. The van der Waals surface area contributed by atoms with Crippen molar-refractivity contribution in [2.45, 2.75) is 38.6 Å². The van der Waals surface area contributed by atoms with Gasteiger partial charge in [-0.25, -0.2) is 0 Å². The lowest BCUT2D eigenvalue weighted by atomic mass is 10.1. The number of rotatable bonds is 5. The molecule has 0 aromatic carbocycles. The van der Waals surface area contributed by atoms with Gasteiger partial charge in [0.05, 0.1) is 13.1 Å². The lowest BCUT2D eigenvalue weighted by Gasteiger charge is -2.47. The van der Waals surface area contributed by atoms with E-state index in [0.29, 0.717) is 18.5 Å². The molecule has 31 heavy (non-hydrogen) atoms. The van der Waals surface area contributed by atoms with Gasteiger partial charge in [0.2, 0.25) is 5.91 Å². The fourth-order valence-electron chi connectivity index (χ4n) is 5.24. The minimum absolute atomic E-state index is 0. The second-order valence-corrected chi connectivity index (χ2v) is 9.24. The molecule has 0 radical (unpaired) electrons. The van der Waals surface area contributed by atoms with E-state index in [1.54, 1.807) is 0 Å². The van der Waals surface area contributed by atoms with Gasteiger partial charge in [-0.15, -0.1) is 24.0 Å². The summed E-state index contributed by atoms with van der Waals surface area (Å²) in [6.07, 6.45) is 4.87. The average molecular weight is 548 g/mol. The third kappa shape index (κ3) is 6.91. The van der Waals surface area contributed by atoms with Crippen molar-refractivity contribution < 1.29 is 4.79 Å². The van der Waals surface area contributed by atoms with Gasteiger partial charge >= 0.3 is 0 Å². The van der Waals surface area contributed by atoms with Crippen molar-refractivity contribution in [3.05, 3.63) is 0 Å². The molecule has 0 aromatic rings. The maximum atomic E-state index is 12.7. The highest BCUT2D eigenvalue weighted by molar-refractivity contribution is 14.0. The zero-order valence-electron chi connectivity index (χ0n) is 19.3. The van der Waals surface area contributed by atoms with Crippen LogP contribution < -0.4 is 5.32 Å². The van der Waals surface area contributed by atoms with Crippen molar-refractivity contribution in [1.29, 1.82) is 0 Å². The Kier molecular flexibility index (Phi) is 10.1. The molecule has 8 nitrogen and oxygen atoms in total. The Labute approximate surface area is 205 Å². The summed E-state index contributed by atoms with van der Waals surface area (Å²) >= 11 is 0. The van der Waals surface area contributed by atoms with Crippen LogP contribution in [-0.4, -0.2) is 134 Å². The van der Waals surface area contributed by atoms with E-state index in [1.807, 2.05) is 0 Å². The number of nitrogens with one attached hydrogen (secondary N) is 1. The molecule has 0 spiro atoms. The number of likely N-dealkylation sites (tertiary alicyclic amines) is 1. The fraction of sp³-hybridized carbons (Fsp3) is 0.909. The topological polar surface area (TPSA) is 57.7 Å². The number of carbonyl (C=O) groups is 1. The smallest absolute Gasteiger partial charge is 0.236 e. The number of aliphatic imine (C=N–C) groups is 1. The standard InChI is InChI=1S/C22H41N7O.HI/c1-2-23-22(24-17-20-18-25-9-13-27(20)14-10-25)29-15-11-26(12-16-29)19-21(30)28-7-5-3-4-6-8-28;/h20H,2-19H2,1H3,(H,23,24);1H. The van der Waals surface area contributed by atoms with Gasteiger partial charge < -0.3 is 15.1 Å². The Morgan fingerprint density at radius 1 is 0.871 bits per heavy atom. The summed E-state index contributed by atoms with van der Waals surface area (Å²) in [6, 6.07) is 0.564. The van der Waals surface area contributed by atoms with Crippen LogP contribution in [0.15, 0.2) is 4.99 Å². The summed E-state index contributed by atoms with van der Waals surface area (Å²) in [4.78, 5) is 29.7. The number of amides is 1. The number of guanidine groups is 1. The van der Waals surface area contributed by atoms with Gasteiger partial charge in [-0.1, -0.05) is 12.8 Å². The first-order valence-electron chi connectivity index (χ1n) is 12.2. The van der Waals surface area contributed by atoms with Crippen molar-refractivity contribution in [3.8, 4) is 0 Å². The molecule has 5 heterocycles. The molecule has 178 valence electrons. The molecule has 9 heteroatoms. The largest absolute Gasteiger partial charge is 0.357 e. The van der Waals surface area contributed by atoms with Crippen LogP contribution in [0.4, 0.5) is 0 Å². The normalized spacial score (nSPS) is 30.0. The fourth-order valence-corrected chi connectivity index (χ4v) is 5.24. The van der Waals surface area contributed by atoms with E-state index in [0.717, 1.165) is 77.7 Å². The molecule has 1 unspecified atom stereocenters. The molecule has 1 N–H and O–H groups in total. The summed E-state index contributed by atoms with van der Waals surface area (Å²) in [5.41, 5.74) is 0. The molecule has 0 saturated carbocycles. The maximum Gasteiger partial charge on any atom is 0.236 e. The molecule has 0 aliphatic carbocycles. The zero-order chi connectivity index (χ0) is 20.8. The van der Waals surface area contributed by atoms with Gasteiger partial charge in [0.25, 0.3) is 0 Å². The van der Waals surface area contributed by atoms with E-state index in [9.17, 15) is 4.79 Å². The van der Waals surface area contributed by atoms with E-state index in [-0.39, 0.29) is 24.0 Å². The highest BCUT2D eigenvalue weighted by Gasteiger charge is 2.32. The molecule has 5 fully saturated rings. The minimum Gasteiger partial charge on any atom is -0.357 e. The highest BCUT2D eigenvalue weighted by atomic mass is 127. The molecule has 5 saturated heterocycles. The number of nitrogens with zero attached hydrogens (tertiary/aromatic N) is 6. The van der Waals surface area contributed by atoms with Crippen molar-refractivity contribution in [1.82, 2.24) is 29.8 Å². The van der Waals surface area contributed by atoms with Crippen LogP contribution in [0.1, 0.15) is 32.6 Å². The van der Waals surface area contributed by atoms with Gasteiger partial charge in [0.15, 0.2) is 5.96 Å². The van der Waals surface area contributed by atoms with Crippen LogP contribution in [0.3, 0.4) is 0 Å². The minimum atomic E-state index is 0. The number of carbonyl (C=O) groups excluding carboxylic acids is 1. The Bertz CT molecular complexity index is 580. The summed E-state index contributed by atoms with van der Waals surface area (Å²) in [5, 5.41) is 3.50. The van der Waals surface area contributed by atoms with Crippen molar-refractivity contribution in [3.63, 3.8) is 0 Å². The van der Waals surface area contributed by atoms with E-state index in [1.165, 1.54) is 39.0 Å². The molecular weight excluding hydrogens is 505 g/mol. The number of halogens is 1. The number of hydrogen-bond acceptors (Lipinski definition) is 5. The predicted octanol–water partition coefficient (Wildman–Crippen LogP) is 0.590. The first-order valence-corrected chi connectivity index (χ1v) is 12.2. The molecule has 0 aromatic heterocycles. The van der Waals surface area contributed by atoms with E-state index >= 15 is 0 Å². The van der Waals surface area contributed by atoms with Gasteiger partial charge in [-0.05, 0) is 19.8 Å². The Morgan fingerprint density at radius 3 is 2.13 bits per heavy atom. The molecule has 5 rings (SSSR count). The molecule has 5 aliphatic heterocycles. The number of fused-ring (bicyclic) bond motifs is 3. The van der Waals surface area contributed by atoms with E-state index < -0.39 is 0 Å². The highest BCUT2D eigenvalue weighted by Crippen LogP contribution is 2.16. The monoisotopic (exact) mass is 547 g/mol. The van der Waals surface area contributed by atoms with Crippen LogP contribution in [0.5, 0.6) is 0 Å². The number of hydrogen-bond donors (Lipinski definition) is 1. The lowest BCUT2D eigenvalue weighted by Crippen LogP contribution is -2.62. The van der Waals surface area contributed by atoms with Gasteiger partial charge in [-0.3, -0.25) is 24.5 Å². The lowest BCUT2D eigenvalue weighted by molar-refractivity contribution is -0.132. The predicted molar refractivity (Wildman–Crippen MR) is 136 cm³/mol. The maximum absolute atomic E-state index is 12.7. The second-order valence-electron chi connectivity index (χ2n) is 9.24. The molecule has 1 atom stereocenters. The van der Waals surface area contributed by atoms with Gasteiger partial charge in [0, 0.05) is 84.6 Å². The number of piperazine rings is 4. The Morgan fingerprint density at radius 2 is 1.55 bits per heavy atom. The Hall–Kier alpha value is -0.650. The van der Waals surface area contributed by atoms with Crippen LogP contribution >= 0.6 is 24.0 Å². The molecule has 1 amide bonds.